The van der Waals surface area contributed by atoms with Gasteiger partial charge in [0.2, 0.25) is 0 Å². The van der Waals surface area contributed by atoms with E-state index in [0.29, 0.717) is 79.9 Å². The van der Waals surface area contributed by atoms with Crippen molar-refractivity contribution in [2.24, 2.45) is 5.10 Å². The van der Waals surface area contributed by atoms with Crippen LogP contribution in [-0.2, 0) is 29.3 Å². The maximum Gasteiger partial charge on any atom is 0.416 e. The first-order valence-corrected chi connectivity index (χ1v) is 16.2. The second-order valence-corrected chi connectivity index (χ2v) is 12.6. The molecule has 1 aliphatic rings. The number of likely N-dealkylation sites (N-methyl/N-ethyl adjacent to an activating group) is 1. The van der Waals surface area contributed by atoms with Gasteiger partial charge >= 0.3 is 12.4 Å². The van der Waals surface area contributed by atoms with Crippen molar-refractivity contribution in [3.63, 3.8) is 0 Å². The zero-order chi connectivity index (χ0) is 35.0. The van der Waals surface area contributed by atoms with Crippen molar-refractivity contribution in [3.8, 4) is 0 Å². The minimum atomic E-state index is -4.97. The highest BCUT2D eigenvalue weighted by Crippen LogP contribution is 2.37. The summed E-state index contributed by atoms with van der Waals surface area (Å²) in [5.74, 6) is -0.399. The molecule has 0 spiro atoms. The zero-order valence-electron chi connectivity index (χ0n) is 26.3. The molecule has 0 aromatic heterocycles. The van der Waals surface area contributed by atoms with Gasteiger partial charge in [-0.05, 0) is 79.9 Å². The topological polar surface area (TPSA) is 69.1 Å². The minimum absolute atomic E-state index is 0.0870. The average molecular weight is 720 g/mol. The van der Waals surface area contributed by atoms with Gasteiger partial charge in [0, 0.05) is 32.1 Å². The van der Waals surface area contributed by atoms with E-state index in [-0.39, 0.29) is 18.2 Å². The van der Waals surface area contributed by atoms with Gasteiger partial charge in [-0.25, -0.2) is 0 Å². The molecule has 0 amide bonds. The van der Waals surface area contributed by atoms with Crippen molar-refractivity contribution >= 4 is 28.9 Å². The smallest absolute Gasteiger partial charge is 0.385 e. The lowest BCUT2D eigenvalue weighted by Gasteiger charge is -2.39. The monoisotopic (exact) mass is 718 g/mol. The van der Waals surface area contributed by atoms with E-state index >= 15 is 0 Å². The highest BCUT2D eigenvalue weighted by molar-refractivity contribution is 6.42. The Morgan fingerprint density at radius 2 is 1.56 bits per heavy atom. The zero-order valence-corrected chi connectivity index (χ0v) is 27.8. The molecule has 0 bridgehead atoms. The maximum atomic E-state index is 13.4. The number of benzene rings is 3. The molecule has 0 saturated carbocycles. The van der Waals surface area contributed by atoms with Crippen molar-refractivity contribution in [1.29, 1.82) is 0 Å². The second-order valence-electron chi connectivity index (χ2n) is 11.8. The Hall–Kier alpha value is -2.87. The maximum absolute atomic E-state index is 13.4. The normalized spacial score (nSPS) is 16.6. The van der Waals surface area contributed by atoms with Crippen molar-refractivity contribution in [3.05, 3.63) is 105 Å². The first-order chi connectivity index (χ1) is 22.7. The molecule has 0 radical (unpaired) electrons. The molecule has 1 heterocycles. The lowest BCUT2D eigenvalue weighted by Crippen LogP contribution is -2.43. The first-order valence-electron chi connectivity index (χ1n) is 15.4. The van der Waals surface area contributed by atoms with Crippen LogP contribution in [0.5, 0.6) is 0 Å². The summed E-state index contributed by atoms with van der Waals surface area (Å²) in [4.78, 5) is 2.23. The van der Waals surface area contributed by atoms with Crippen LogP contribution in [0.25, 0.3) is 0 Å². The molecular weight excluding hydrogens is 681 g/mol. The summed E-state index contributed by atoms with van der Waals surface area (Å²) in [5.41, 5.74) is 1.08. The molecule has 1 atom stereocenters. The van der Waals surface area contributed by atoms with Crippen LogP contribution in [0.15, 0.2) is 71.8 Å². The lowest BCUT2D eigenvalue weighted by atomic mass is 9.84. The van der Waals surface area contributed by atoms with Gasteiger partial charge in [-0.1, -0.05) is 59.6 Å². The summed E-state index contributed by atoms with van der Waals surface area (Å²) in [6, 6.07) is 16.1. The average Bonchev–Trinajstić information content (AvgIpc) is 3.04. The standard InChI is InChI=1S/C34H38Cl2F6N4O2/c1-43-12-13-44-45-31(22-48-21-23-17-26(33(37,38)39)20-27(18-23)34(40,41)42)28(24-7-8-29(35)30(36)19-24)9-14-46-15-10-32(47,11-16-46)25-5-3-2-4-6-25/h2-8,17-20,28,43-44,47H,9-16,21-22H2,1H3/b45-31+. The third kappa shape index (κ3) is 10.6. The fraction of sp³-hybridized carbons (Fsp3) is 0.441. The number of hydrogen-bond donors (Lipinski definition) is 3. The molecule has 4 rings (SSSR count). The Bertz CT molecular complexity index is 1480. The number of hydrogen-bond acceptors (Lipinski definition) is 6. The van der Waals surface area contributed by atoms with Gasteiger partial charge in [0.1, 0.15) is 0 Å². The van der Waals surface area contributed by atoms with Crippen LogP contribution in [0.2, 0.25) is 10.0 Å². The van der Waals surface area contributed by atoms with Gasteiger partial charge in [-0.3, -0.25) is 0 Å². The van der Waals surface area contributed by atoms with Crippen molar-refractivity contribution in [2.75, 3.05) is 46.4 Å². The minimum Gasteiger partial charge on any atom is -0.385 e. The molecule has 3 aromatic rings. The van der Waals surface area contributed by atoms with Gasteiger partial charge in [0.05, 0.1) is 45.7 Å². The van der Waals surface area contributed by atoms with E-state index in [1.807, 2.05) is 30.3 Å². The Morgan fingerprint density at radius 3 is 2.15 bits per heavy atom. The molecule has 6 nitrogen and oxygen atoms in total. The Balaban J connectivity index is 1.54. The fourth-order valence-electron chi connectivity index (χ4n) is 5.68. The summed E-state index contributed by atoms with van der Waals surface area (Å²) in [5, 5.41) is 19.5. The molecule has 262 valence electrons. The summed E-state index contributed by atoms with van der Waals surface area (Å²) >= 11 is 12.6. The quantitative estimate of drug-likeness (QED) is 0.0686. The highest BCUT2D eigenvalue weighted by Gasteiger charge is 2.37. The summed E-state index contributed by atoms with van der Waals surface area (Å²) in [6.07, 6.45) is -8.32. The third-order valence-corrected chi connectivity index (χ3v) is 9.09. The summed E-state index contributed by atoms with van der Waals surface area (Å²) in [6.45, 7) is 2.20. The van der Waals surface area contributed by atoms with E-state index in [4.69, 9.17) is 27.9 Å². The van der Waals surface area contributed by atoms with E-state index in [2.05, 4.69) is 20.7 Å². The predicted molar refractivity (Wildman–Crippen MR) is 175 cm³/mol. The Morgan fingerprint density at radius 1 is 0.917 bits per heavy atom. The van der Waals surface area contributed by atoms with Gasteiger partial charge in [-0.15, -0.1) is 0 Å². The second kappa shape index (κ2) is 16.7. The third-order valence-electron chi connectivity index (χ3n) is 8.35. The molecule has 48 heavy (non-hydrogen) atoms. The SMILES string of the molecule is CNCCN/N=C(\COCc1cc(C(F)(F)F)cc(C(F)(F)F)c1)C(CCN1CCC(O)(c2ccccc2)CC1)c1ccc(Cl)c(Cl)c1. The Labute approximate surface area is 286 Å². The lowest BCUT2D eigenvalue weighted by molar-refractivity contribution is -0.143. The van der Waals surface area contributed by atoms with Gasteiger partial charge < -0.3 is 25.5 Å². The first kappa shape index (κ1) is 37.9. The summed E-state index contributed by atoms with van der Waals surface area (Å²) < 4.78 is 86.4. The number of rotatable bonds is 14. The summed E-state index contributed by atoms with van der Waals surface area (Å²) in [7, 11) is 1.77. The van der Waals surface area contributed by atoms with E-state index in [1.165, 1.54) is 0 Å². The number of nitrogens with zero attached hydrogens (tertiary/aromatic N) is 2. The van der Waals surface area contributed by atoms with Crippen LogP contribution in [0.3, 0.4) is 0 Å². The largest absolute Gasteiger partial charge is 0.416 e. The van der Waals surface area contributed by atoms with Crippen LogP contribution in [0.4, 0.5) is 26.3 Å². The van der Waals surface area contributed by atoms with Gasteiger partial charge in [-0.2, -0.15) is 31.4 Å². The molecule has 3 aromatic carbocycles. The van der Waals surface area contributed by atoms with Crippen LogP contribution in [0.1, 0.15) is 53.0 Å². The number of nitrogens with one attached hydrogen (secondary N) is 2. The number of halogens is 8. The van der Waals surface area contributed by atoms with Crippen molar-refractivity contribution in [1.82, 2.24) is 15.6 Å². The number of alkyl halides is 6. The molecule has 1 unspecified atom stereocenters. The van der Waals surface area contributed by atoms with Crippen molar-refractivity contribution < 1.29 is 36.2 Å². The van der Waals surface area contributed by atoms with Gasteiger partial charge in [0.15, 0.2) is 0 Å². The van der Waals surface area contributed by atoms with E-state index in [0.717, 1.165) is 11.1 Å². The van der Waals surface area contributed by atoms with Crippen LogP contribution in [0, 0.1) is 0 Å². The van der Waals surface area contributed by atoms with E-state index in [9.17, 15) is 31.4 Å². The Kier molecular flexibility index (Phi) is 13.2. The molecule has 14 heteroatoms. The van der Waals surface area contributed by atoms with E-state index < -0.39 is 41.6 Å². The number of ether oxygens (including phenoxy) is 1. The number of hydrazone groups is 1. The molecule has 3 N–H and O–H groups in total. The fourth-order valence-corrected chi connectivity index (χ4v) is 5.98. The van der Waals surface area contributed by atoms with Crippen LogP contribution < -0.4 is 10.7 Å². The molecule has 0 aliphatic carbocycles. The van der Waals surface area contributed by atoms with Crippen LogP contribution >= 0.6 is 23.2 Å². The highest BCUT2D eigenvalue weighted by atomic mass is 35.5. The van der Waals surface area contributed by atoms with Gasteiger partial charge in [0.25, 0.3) is 0 Å². The van der Waals surface area contributed by atoms with Crippen molar-refractivity contribution in [2.45, 2.75) is 49.7 Å². The molecule has 1 saturated heterocycles. The number of likely N-dealkylation sites (tertiary alicyclic amines) is 1. The molecule has 1 aliphatic heterocycles. The van der Waals surface area contributed by atoms with Crippen LogP contribution in [-0.4, -0.2) is 62.1 Å². The van der Waals surface area contributed by atoms with E-state index in [1.54, 1.807) is 25.2 Å². The molecule has 1 fully saturated rings. The number of piperidine rings is 1. The predicted octanol–water partition coefficient (Wildman–Crippen LogP) is 7.87. The molecular formula is C34H38Cl2F6N4O2. The number of aliphatic hydroxyl groups is 1.